The molecule has 0 aliphatic rings. The number of anilines is 2. The average molecular weight is 866 g/mol. The van der Waals surface area contributed by atoms with Crippen molar-refractivity contribution in [1.29, 1.82) is 10.5 Å². The Bertz CT molecular complexity index is 2740. The number of hydrogen-bond acceptors (Lipinski definition) is 7. The fraction of sp³-hybridized carbons (Fsp3) is 0.310. The van der Waals surface area contributed by atoms with E-state index >= 15 is 0 Å². The van der Waals surface area contributed by atoms with Gasteiger partial charge in [0.15, 0.2) is 0 Å². The number of benzene rings is 4. The molecule has 310 valence electrons. The summed E-state index contributed by atoms with van der Waals surface area (Å²) in [5, 5.41) is 24.9. The van der Waals surface area contributed by atoms with E-state index in [0.29, 0.717) is 58.5 Å². The van der Waals surface area contributed by atoms with Gasteiger partial charge < -0.3 is 4.57 Å². The number of nitrogens with zero attached hydrogens (tertiary/aromatic N) is 5. The maximum Gasteiger partial charge on any atom is 0.416 e. The molecule has 2 heterocycles. The summed E-state index contributed by atoms with van der Waals surface area (Å²) in [7, 11) is -6.91. The van der Waals surface area contributed by atoms with Crippen LogP contribution in [0.5, 0.6) is 0 Å². The van der Waals surface area contributed by atoms with Gasteiger partial charge in [-0.25, -0.2) is 16.8 Å². The molecule has 4 aromatic carbocycles. The molecule has 0 amide bonds. The standard InChI is InChI=1S/C21H22ClN3O2S.C21H21F3N4O2S/c1-3-21(13-5-14-23,16-8-10-17(22)11-9-16)25-15-12-18-19(24-28(2,26)27)6-4-7-20(18)25;1-3-20(12-5-13-25,15-8-10-16(11-9-15)21(22,23)24)28-19-7-4-6-18(17(19)14-26-28)27-31(2,29)30/h4,6-12,15,24H,3,5,13H2,1-2H3;4,6-11,14,27H,3,5,12H2,1-2H3. The van der Waals surface area contributed by atoms with E-state index in [4.69, 9.17) is 11.6 Å². The minimum Gasteiger partial charge on any atom is -0.337 e. The minimum absolute atomic E-state index is 0.164. The average Bonchev–Trinajstić information content (AvgIpc) is 3.83. The smallest absolute Gasteiger partial charge is 0.337 e. The van der Waals surface area contributed by atoms with Crippen molar-refractivity contribution in [1.82, 2.24) is 14.3 Å². The molecule has 6 rings (SSSR count). The molecule has 17 heteroatoms. The van der Waals surface area contributed by atoms with Gasteiger partial charge in [0.05, 0.1) is 69.9 Å². The summed E-state index contributed by atoms with van der Waals surface area (Å²) >= 11 is 6.09. The van der Waals surface area contributed by atoms with Crippen molar-refractivity contribution in [2.45, 2.75) is 69.6 Å². The van der Waals surface area contributed by atoms with Crippen LogP contribution < -0.4 is 9.44 Å². The molecule has 11 nitrogen and oxygen atoms in total. The van der Waals surface area contributed by atoms with Crippen molar-refractivity contribution in [2.24, 2.45) is 0 Å². The lowest BCUT2D eigenvalue weighted by Crippen LogP contribution is -2.35. The highest BCUT2D eigenvalue weighted by atomic mass is 35.5. The second-order valence-corrected chi connectivity index (χ2v) is 18.1. The van der Waals surface area contributed by atoms with Crippen LogP contribution in [0.1, 0.15) is 69.1 Å². The molecule has 2 N–H and O–H groups in total. The fourth-order valence-corrected chi connectivity index (χ4v) is 8.90. The largest absolute Gasteiger partial charge is 0.416 e. The predicted octanol–water partition coefficient (Wildman–Crippen LogP) is 10.0. The second kappa shape index (κ2) is 17.7. The number of alkyl halides is 3. The first-order valence-electron chi connectivity index (χ1n) is 18.5. The Labute approximate surface area is 347 Å². The van der Waals surface area contributed by atoms with E-state index in [1.54, 1.807) is 28.9 Å². The fourth-order valence-electron chi connectivity index (χ4n) is 7.62. The van der Waals surface area contributed by atoms with Gasteiger partial charge in [0, 0.05) is 34.8 Å². The topological polar surface area (TPSA) is 163 Å². The lowest BCUT2D eigenvalue weighted by atomic mass is 9.82. The van der Waals surface area contributed by atoms with E-state index in [2.05, 4.69) is 38.2 Å². The minimum atomic E-state index is -4.45. The highest BCUT2D eigenvalue weighted by Gasteiger charge is 2.37. The van der Waals surface area contributed by atoms with Crippen molar-refractivity contribution >= 4 is 64.8 Å². The molecule has 2 atom stereocenters. The molecule has 0 aliphatic carbocycles. The zero-order chi connectivity index (χ0) is 43.2. The SMILES string of the molecule is CCC(CCC#N)(c1ccc(C(F)(F)F)cc1)n1ncc2c(NS(C)(=O)=O)cccc21.CCC(CCC#N)(c1ccc(Cl)cc1)n1ccc2c(NS(C)(=O)=O)cccc21. The molecule has 0 bridgehead atoms. The molecule has 59 heavy (non-hydrogen) atoms. The quantitative estimate of drug-likeness (QED) is 0.110. The van der Waals surface area contributed by atoms with Crippen LogP contribution in [0.15, 0.2) is 103 Å². The molecule has 0 radical (unpaired) electrons. The monoisotopic (exact) mass is 865 g/mol. The molecule has 0 spiro atoms. The lowest BCUT2D eigenvalue weighted by molar-refractivity contribution is -0.137. The van der Waals surface area contributed by atoms with Gasteiger partial charge in [-0.2, -0.15) is 28.8 Å². The molecule has 2 unspecified atom stereocenters. The zero-order valence-electron chi connectivity index (χ0n) is 32.8. The number of rotatable bonds is 14. The van der Waals surface area contributed by atoms with Crippen LogP contribution >= 0.6 is 11.6 Å². The Morgan fingerprint density at radius 2 is 1.15 bits per heavy atom. The zero-order valence-corrected chi connectivity index (χ0v) is 35.1. The summed E-state index contributed by atoms with van der Waals surface area (Å²) in [6.45, 7) is 3.97. The van der Waals surface area contributed by atoms with Crippen LogP contribution in [0.25, 0.3) is 21.8 Å². The van der Waals surface area contributed by atoms with Crippen LogP contribution in [0, 0.1) is 22.7 Å². The van der Waals surface area contributed by atoms with Gasteiger partial charge in [0.2, 0.25) is 20.0 Å². The molecule has 2 aromatic heterocycles. The molecule has 0 aliphatic heterocycles. The van der Waals surface area contributed by atoms with Crippen LogP contribution in [0.4, 0.5) is 24.5 Å². The van der Waals surface area contributed by atoms with Crippen LogP contribution in [-0.2, 0) is 37.3 Å². The van der Waals surface area contributed by atoms with Gasteiger partial charge in [-0.3, -0.25) is 14.1 Å². The van der Waals surface area contributed by atoms with Crippen LogP contribution in [-0.4, -0.2) is 43.7 Å². The van der Waals surface area contributed by atoms with Gasteiger partial charge in [-0.05, 0) is 91.4 Å². The Morgan fingerprint density at radius 1 is 0.678 bits per heavy atom. The molecule has 0 saturated carbocycles. The Balaban J connectivity index is 0.000000225. The van der Waals surface area contributed by atoms with Crippen molar-refractivity contribution in [3.63, 3.8) is 0 Å². The van der Waals surface area contributed by atoms with Gasteiger partial charge in [0.25, 0.3) is 0 Å². The lowest BCUT2D eigenvalue weighted by Gasteiger charge is -2.36. The highest BCUT2D eigenvalue weighted by molar-refractivity contribution is 7.92. The molecular formula is C42H43ClF3N7O4S2. The normalized spacial score (nSPS) is 14.0. The second-order valence-electron chi connectivity index (χ2n) is 14.1. The predicted molar refractivity (Wildman–Crippen MR) is 226 cm³/mol. The molecule has 0 fully saturated rings. The molecule has 6 aromatic rings. The van der Waals surface area contributed by atoms with E-state index < -0.39 is 42.9 Å². The first kappa shape index (κ1) is 44.6. The number of nitriles is 2. The highest BCUT2D eigenvalue weighted by Crippen LogP contribution is 2.41. The first-order chi connectivity index (χ1) is 27.8. The van der Waals surface area contributed by atoms with Crippen LogP contribution in [0.3, 0.4) is 0 Å². The number of fused-ring (bicyclic) bond motifs is 2. The Hall–Kier alpha value is -5.55. The summed E-state index contributed by atoms with van der Waals surface area (Å²) in [6.07, 6.45) is 3.96. The van der Waals surface area contributed by atoms with Crippen molar-refractivity contribution in [3.05, 3.63) is 125 Å². The number of hydrogen-bond donors (Lipinski definition) is 2. The molecular weight excluding hydrogens is 823 g/mol. The number of halogens is 4. The van der Waals surface area contributed by atoms with Gasteiger partial charge in [-0.1, -0.05) is 61.8 Å². The maximum atomic E-state index is 13.0. The molecule has 0 saturated heterocycles. The first-order valence-corrected chi connectivity index (χ1v) is 22.7. The van der Waals surface area contributed by atoms with Gasteiger partial charge in [0.1, 0.15) is 0 Å². The van der Waals surface area contributed by atoms with Gasteiger partial charge >= 0.3 is 6.18 Å². The van der Waals surface area contributed by atoms with Crippen molar-refractivity contribution in [3.8, 4) is 12.1 Å². The van der Waals surface area contributed by atoms with E-state index in [9.17, 15) is 40.5 Å². The summed E-state index contributed by atoms with van der Waals surface area (Å²) in [4.78, 5) is 0. The van der Waals surface area contributed by atoms with Crippen molar-refractivity contribution < 1.29 is 30.0 Å². The van der Waals surface area contributed by atoms with E-state index in [1.807, 2.05) is 55.6 Å². The summed E-state index contributed by atoms with van der Waals surface area (Å²) in [5.41, 5.74) is 1.97. The third-order valence-corrected chi connectivity index (χ3v) is 11.8. The number of sulfonamides is 2. The summed E-state index contributed by atoms with van der Waals surface area (Å²) in [6, 6.07) is 29.4. The summed E-state index contributed by atoms with van der Waals surface area (Å²) < 4.78 is 94.9. The van der Waals surface area contributed by atoms with E-state index in [0.717, 1.165) is 47.5 Å². The van der Waals surface area contributed by atoms with E-state index in [1.165, 1.54) is 18.3 Å². The number of nitrogens with one attached hydrogen (secondary N) is 2. The third-order valence-electron chi connectivity index (χ3n) is 10.4. The Morgan fingerprint density at radius 3 is 1.66 bits per heavy atom. The summed E-state index contributed by atoms with van der Waals surface area (Å²) in [5.74, 6) is 0. The number of aromatic nitrogens is 3. The van der Waals surface area contributed by atoms with Crippen LogP contribution in [0.2, 0.25) is 5.02 Å². The third kappa shape index (κ3) is 9.84. The Kier molecular flexibility index (Phi) is 13.4. The van der Waals surface area contributed by atoms with E-state index in [-0.39, 0.29) is 6.42 Å². The van der Waals surface area contributed by atoms with Gasteiger partial charge in [-0.15, -0.1) is 0 Å². The van der Waals surface area contributed by atoms with Crippen molar-refractivity contribution in [2.75, 3.05) is 22.0 Å². The maximum absolute atomic E-state index is 13.0.